The van der Waals surface area contributed by atoms with Crippen LogP contribution in [0.4, 0.5) is 5.69 Å². The summed E-state index contributed by atoms with van der Waals surface area (Å²) in [5.74, 6) is 2.56. The van der Waals surface area contributed by atoms with Crippen LogP contribution in [0.5, 0.6) is 0 Å². The Labute approximate surface area is 94.9 Å². The lowest BCUT2D eigenvalue weighted by Crippen LogP contribution is -2.02. The maximum Gasteiger partial charge on any atom is 0.101 e. The standard InChI is InChI=1S/C12H11ClN2/c1-2-3-4-7-15-12-8-11(13)6-5-10(12)9-14/h1,5-6,8,15H,3-4,7H2. The van der Waals surface area contributed by atoms with Crippen LogP contribution in [-0.2, 0) is 0 Å². The minimum absolute atomic E-state index is 0.597. The molecule has 3 heteroatoms. The lowest BCUT2D eigenvalue weighted by molar-refractivity contribution is 0.907. The van der Waals surface area contributed by atoms with Crippen LogP contribution in [0.15, 0.2) is 18.2 Å². The molecule has 0 aliphatic heterocycles. The second kappa shape index (κ2) is 5.96. The zero-order chi connectivity index (χ0) is 11.1. The Kier molecular flexibility index (Phi) is 4.54. The number of terminal acetylenes is 1. The van der Waals surface area contributed by atoms with Crippen molar-refractivity contribution in [1.82, 2.24) is 0 Å². The zero-order valence-corrected chi connectivity index (χ0v) is 9.01. The number of hydrogen-bond donors (Lipinski definition) is 1. The van der Waals surface area contributed by atoms with Gasteiger partial charge in [0, 0.05) is 18.0 Å². The van der Waals surface area contributed by atoms with Gasteiger partial charge in [0.05, 0.1) is 11.3 Å². The Balaban J connectivity index is 2.64. The molecule has 1 N–H and O–H groups in total. The van der Waals surface area contributed by atoms with Gasteiger partial charge in [-0.25, -0.2) is 0 Å². The molecule has 0 bridgehead atoms. The highest BCUT2D eigenvalue weighted by Crippen LogP contribution is 2.20. The normalized spacial score (nSPS) is 9.00. The Hall–Kier alpha value is -1.64. The van der Waals surface area contributed by atoms with E-state index in [1.807, 2.05) is 0 Å². The predicted octanol–water partition coefficient (Wildman–Crippen LogP) is 3.04. The highest BCUT2D eigenvalue weighted by molar-refractivity contribution is 6.30. The summed E-state index contributed by atoms with van der Waals surface area (Å²) < 4.78 is 0. The Morgan fingerprint density at radius 1 is 1.47 bits per heavy atom. The van der Waals surface area contributed by atoms with Crippen LogP contribution in [0, 0.1) is 23.7 Å². The number of nitrogens with one attached hydrogen (secondary N) is 1. The van der Waals surface area contributed by atoms with Crippen molar-refractivity contribution in [2.75, 3.05) is 11.9 Å². The van der Waals surface area contributed by atoms with E-state index in [-0.39, 0.29) is 0 Å². The third-order valence-electron chi connectivity index (χ3n) is 1.92. The van der Waals surface area contributed by atoms with Gasteiger partial charge in [-0.3, -0.25) is 0 Å². The fourth-order valence-corrected chi connectivity index (χ4v) is 1.35. The third-order valence-corrected chi connectivity index (χ3v) is 2.15. The summed E-state index contributed by atoms with van der Waals surface area (Å²) >= 11 is 5.83. The van der Waals surface area contributed by atoms with Crippen molar-refractivity contribution < 1.29 is 0 Å². The first-order valence-corrected chi connectivity index (χ1v) is 5.02. The van der Waals surface area contributed by atoms with Gasteiger partial charge in [-0.2, -0.15) is 5.26 Å². The SMILES string of the molecule is C#CCCCNc1cc(Cl)ccc1C#N. The van der Waals surface area contributed by atoms with E-state index in [2.05, 4.69) is 17.3 Å². The van der Waals surface area contributed by atoms with Crippen LogP contribution >= 0.6 is 11.6 Å². The second-order valence-electron chi connectivity index (χ2n) is 3.04. The number of unbranched alkanes of at least 4 members (excludes halogenated alkanes) is 1. The first kappa shape index (κ1) is 11.4. The summed E-state index contributed by atoms with van der Waals surface area (Å²) in [5, 5.41) is 12.6. The molecule has 0 amide bonds. The summed E-state index contributed by atoms with van der Waals surface area (Å²) in [6.45, 7) is 0.749. The topological polar surface area (TPSA) is 35.8 Å². The summed E-state index contributed by atoms with van der Waals surface area (Å²) in [7, 11) is 0. The Morgan fingerprint density at radius 2 is 2.27 bits per heavy atom. The van der Waals surface area contributed by atoms with E-state index < -0.39 is 0 Å². The number of nitrogens with zero attached hydrogens (tertiary/aromatic N) is 1. The van der Waals surface area contributed by atoms with Crippen molar-refractivity contribution in [3.63, 3.8) is 0 Å². The molecule has 0 fully saturated rings. The average Bonchev–Trinajstić information content (AvgIpc) is 2.25. The maximum absolute atomic E-state index is 8.85. The fraction of sp³-hybridized carbons (Fsp3) is 0.250. The Morgan fingerprint density at radius 3 is 2.93 bits per heavy atom. The number of nitriles is 1. The number of hydrogen-bond acceptors (Lipinski definition) is 2. The molecular weight excluding hydrogens is 208 g/mol. The van der Waals surface area contributed by atoms with E-state index in [1.165, 1.54) is 0 Å². The van der Waals surface area contributed by atoms with Crippen LogP contribution in [0.2, 0.25) is 5.02 Å². The van der Waals surface area contributed by atoms with E-state index in [0.717, 1.165) is 25.1 Å². The second-order valence-corrected chi connectivity index (χ2v) is 3.47. The predicted molar refractivity (Wildman–Crippen MR) is 62.7 cm³/mol. The van der Waals surface area contributed by atoms with Gasteiger partial charge in [-0.1, -0.05) is 11.6 Å². The minimum atomic E-state index is 0.597. The Bertz CT molecular complexity index is 413. The summed E-state index contributed by atoms with van der Waals surface area (Å²) in [4.78, 5) is 0. The summed E-state index contributed by atoms with van der Waals surface area (Å²) in [6.07, 6.45) is 6.75. The van der Waals surface area contributed by atoms with E-state index in [0.29, 0.717) is 10.6 Å². The monoisotopic (exact) mass is 218 g/mol. The molecule has 0 aliphatic rings. The van der Waals surface area contributed by atoms with Crippen LogP contribution in [0.3, 0.4) is 0 Å². The third kappa shape index (κ3) is 3.54. The van der Waals surface area contributed by atoms with Crippen molar-refractivity contribution in [3.8, 4) is 18.4 Å². The highest BCUT2D eigenvalue weighted by Gasteiger charge is 2.01. The van der Waals surface area contributed by atoms with Crippen molar-refractivity contribution in [1.29, 1.82) is 5.26 Å². The molecule has 15 heavy (non-hydrogen) atoms. The molecule has 0 aliphatic carbocycles. The van der Waals surface area contributed by atoms with Crippen molar-refractivity contribution in [2.24, 2.45) is 0 Å². The largest absolute Gasteiger partial charge is 0.384 e. The first-order valence-electron chi connectivity index (χ1n) is 4.65. The summed E-state index contributed by atoms with van der Waals surface area (Å²) in [5.41, 5.74) is 1.36. The minimum Gasteiger partial charge on any atom is -0.384 e. The molecule has 0 spiro atoms. The van der Waals surface area contributed by atoms with Crippen molar-refractivity contribution in [2.45, 2.75) is 12.8 Å². The quantitative estimate of drug-likeness (QED) is 0.623. The number of rotatable bonds is 4. The molecule has 76 valence electrons. The lowest BCUT2D eigenvalue weighted by atomic mass is 10.2. The number of anilines is 1. The molecule has 0 atom stereocenters. The van der Waals surface area contributed by atoms with Gasteiger partial charge in [-0.05, 0) is 24.6 Å². The van der Waals surface area contributed by atoms with Gasteiger partial charge in [-0.15, -0.1) is 12.3 Å². The van der Waals surface area contributed by atoms with E-state index in [9.17, 15) is 0 Å². The van der Waals surface area contributed by atoms with Gasteiger partial charge in [0.25, 0.3) is 0 Å². The smallest absolute Gasteiger partial charge is 0.101 e. The van der Waals surface area contributed by atoms with Gasteiger partial charge in [0.15, 0.2) is 0 Å². The molecule has 1 aromatic rings. The van der Waals surface area contributed by atoms with Gasteiger partial charge in [0.2, 0.25) is 0 Å². The maximum atomic E-state index is 8.85. The lowest BCUT2D eigenvalue weighted by Gasteiger charge is -2.07. The van der Waals surface area contributed by atoms with E-state index >= 15 is 0 Å². The first-order chi connectivity index (χ1) is 7.27. The zero-order valence-electron chi connectivity index (χ0n) is 8.26. The van der Waals surface area contributed by atoms with Gasteiger partial charge in [0.1, 0.15) is 6.07 Å². The fourth-order valence-electron chi connectivity index (χ4n) is 1.17. The van der Waals surface area contributed by atoms with Crippen molar-refractivity contribution in [3.05, 3.63) is 28.8 Å². The van der Waals surface area contributed by atoms with Crippen LogP contribution in [-0.4, -0.2) is 6.54 Å². The van der Waals surface area contributed by atoms with Crippen LogP contribution in [0.1, 0.15) is 18.4 Å². The molecule has 1 rings (SSSR count). The molecule has 1 aromatic carbocycles. The average molecular weight is 219 g/mol. The number of benzene rings is 1. The molecule has 0 saturated carbocycles. The van der Waals surface area contributed by atoms with Crippen molar-refractivity contribution >= 4 is 17.3 Å². The molecule has 0 unspecified atom stereocenters. The van der Waals surface area contributed by atoms with E-state index in [4.69, 9.17) is 23.3 Å². The molecular formula is C12H11ClN2. The van der Waals surface area contributed by atoms with E-state index in [1.54, 1.807) is 18.2 Å². The molecule has 0 radical (unpaired) electrons. The number of halogens is 1. The van der Waals surface area contributed by atoms with Crippen LogP contribution in [0.25, 0.3) is 0 Å². The summed E-state index contributed by atoms with van der Waals surface area (Å²) in [6, 6.07) is 7.25. The molecule has 0 heterocycles. The van der Waals surface area contributed by atoms with Gasteiger partial charge < -0.3 is 5.32 Å². The van der Waals surface area contributed by atoms with Crippen LogP contribution < -0.4 is 5.32 Å². The molecule has 0 saturated heterocycles. The van der Waals surface area contributed by atoms with Gasteiger partial charge >= 0.3 is 0 Å². The highest BCUT2D eigenvalue weighted by atomic mass is 35.5. The molecule has 0 aromatic heterocycles. The molecule has 2 nitrogen and oxygen atoms in total.